The second kappa shape index (κ2) is 9.24. The Morgan fingerprint density at radius 3 is 2.78 bits per heavy atom. The van der Waals surface area contributed by atoms with Crippen LogP contribution >= 0.6 is 11.3 Å². The van der Waals surface area contributed by atoms with E-state index in [0.29, 0.717) is 19.2 Å². The molecule has 146 valence electrons. The van der Waals surface area contributed by atoms with Crippen molar-refractivity contribution >= 4 is 17.2 Å². The summed E-state index contributed by atoms with van der Waals surface area (Å²) < 4.78 is 11.4. The molecular formula is C21H28N2O3S. The van der Waals surface area contributed by atoms with Crippen LogP contribution in [0.15, 0.2) is 35.7 Å². The molecule has 0 radical (unpaired) electrons. The third-order valence-corrected chi connectivity index (χ3v) is 5.67. The SMILES string of the molecule is CCN(Cc1ccc(OCc2cccs2)c(OC)c1)[C@H](C)C(=O)NC1CC1. The lowest BCUT2D eigenvalue weighted by Crippen LogP contribution is -2.45. The summed E-state index contributed by atoms with van der Waals surface area (Å²) in [7, 11) is 1.65. The Hall–Kier alpha value is -2.05. The van der Waals surface area contributed by atoms with Crippen LogP contribution in [0.25, 0.3) is 0 Å². The molecule has 1 amide bonds. The van der Waals surface area contributed by atoms with Gasteiger partial charge < -0.3 is 14.8 Å². The molecule has 0 aliphatic heterocycles. The first kappa shape index (κ1) is 19.7. The van der Waals surface area contributed by atoms with E-state index in [0.717, 1.165) is 36.4 Å². The van der Waals surface area contributed by atoms with E-state index in [9.17, 15) is 4.79 Å². The maximum absolute atomic E-state index is 12.4. The zero-order valence-electron chi connectivity index (χ0n) is 16.2. The maximum atomic E-state index is 12.4. The molecule has 27 heavy (non-hydrogen) atoms. The second-order valence-electron chi connectivity index (χ2n) is 6.88. The van der Waals surface area contributed by atoms with E-state index in [1.54, 1.807) is 18.4 Å². The number of rotatable bonds is 10. The van der Waals surface area contributed by atoms with Gasteiger partial charge >= 0.3 is 0 Å². The van der Waals surface area contributed by atoms with E-state index in [1.165, 1.54) is 4.88 Å². The van der Waals surface area contributed by atoms with Gasteiger partial charge in [0.1, 0.15) is 6.61 Å². The van der Waals surface area contributed by atoms with Gasteiger partial charge in [-0.25, -0.2) is 0 Å². The van der Waals surface area contributed by atoms with E-state index in [1.807, 2.05) is 36.6 Å². The summed E-state index contributed by atoms with van der Waals surface area (Å²) in [5, 5.41) is 5.13. The Balaban J connectivity index is 1.63. The van der Waals surface area contributed by atoms with Crippen LogP contribution in [0.5, 0.6) is 11.5 Å². The molecule has 1 aromatic heterocycles. The van der Waals surface area contributed by atoms with Crippen molar-refractivity contribution < 1.29 is 14.3 Å². The first-order chi connectivity index (χ1) is 13.1. The zero-order valence-corrected chi connectivity index (χ0v) is 17.1. The molecule has 0 bridgehead atoms. The number of carbonyl (C=O) groups excluding carboxylic acids is 1. The standard InChI is InChI=1S/C21H28N2O3S/c1-4-23(15(2)21(24)22-17-8-9-17)13-16-7-10-19(20(12-16)25-3)26-14-18-6-5-11-27-18/h5-7,10-12,15,17H,4,8-9,13-14H2,1-3H3,(H,22,24)/t15-/m1/s1. The average Bonchev–Trinajstić information content (AvgIpc) is 3.34. The molecule has 3 rings (SSSR count). The van der Waals surface area contributed by atoms with E-state index in [-0.39, 0.29) is 11.9 Å². The topological polar surface area (TPSA) is 50.8 Å². The number of amides is 1. The zero-order chi connectivity index (χ0) is 19.2. The molecule has 1 N–H and O–H groups in total. The van der Waals surface area contributed by atoms with Gasteiger partial charge in [0.15, 0.2) is 11.5 Å². The largest absolute Gasteiger partial charge is 0.493 e. The number of thiophene rings is 1. The number of benzene rings is 1. The van der Waals surface area contributed by atoms with Gasteiger partial charge in [0.25, 0.3) is 0 Å². The van der Waals surface area contributed by atoms with Crippen LogP contribution in [-0.2, 0) is 17.9 Å². The Morgan fingerprint density at radius 2 is 2.15 bits per heavy atom. The number of carbonyl (C=O) groups is 1. The van der Waals surface area contributed by atoms with Crippen LogP contribution in [-0.4, -0.2) is 36.5 Å². The molecule has 1 fully saturated rings. The van der Waals surface area contributed by atoms with Crippen molar-refractivity contribution in [2.75, 3.05) is 13.7 Å². The van der Waals surface area contributed by atoms with Crippen molar-refractivity contribution in [1.29, 1.82) is 0 Å². The Labute approximate surface area is 165 Å². The van der Waals surface area contributed by atoms with Crippen molar-refractivity contribution in [3.05, 3.63) is 46.2 Å². The van der Waals surface area contributed by atoms with Crippen molar-refractivity contribution in [2.45, 2.75) is 51.9 Å². The predicted octanol–water partition coefficient (Wildman–Crippen LogP) is 3.82. The molecule has 1 aliphatic carbocycles. The minimum atomic E-state index is -0.156. The Bertz CT molecular complexity index is 744. The summed E-state index contributed by atoms with van der Waals surface area (Å²) in [6.45, 7) is 6.08. The summed E-state index contributed by atoms with van der Waals surface area (Å²) >= 11 is 1.67. The van der Waals surface area contributed by atoms with Crippen LogP contribution < -0.4 is 14.8 Å². The van der Waals surface area contributed by atoms with Crippen LogP contribution in [0.3, 0.4) is 0 Å². The number of nitrogens with zero attached hydrogens (tertiary/aromatic N) is 1. The summed E-state index contributed by atoms with van der Waals surface area (Å²) in [5.74, 6) is 1.56. The van der Waals surface area contributed by atoms with Crippen molar-refractivity contribution in [1.82, 2.24) is 10.2 Å². The minimum absolute atomic E-state index is 0.113. The third-order valence-electron chi connectivity index (χ3n) is 4.82. The van der Waals surface area contributed by atoms with Gasteiger partial charge in [0.05, 0.1) is 13.2 Å². The monoisotopic (exact) mass is 388 g/mol. The lowest BCUT2D eigenvalue weighted by molar-refractivity contribution is -0.126. The molecule has 1 atom stereocenters. The van der Waals surface area contributed by atoms with Gasteiger partial charge in [-0.1, -0.05) is 19.1 Å². The van der Waals surface area contributed by atoms with Crippen molar-refractivity contribution in [3.63, 3.8) is 0 Å². The number of nitrogens with one attached hydrogen (secondary N) is 1. The first-order valence-corrected chi connectivity index (χ1v) is 10.3. The Kier molecular flexibility index (Phi) is 6.74. The highest BCUT2D eigenvalue weighted by atomic mass is 32.1. The highest BCUT2D eigenvalue weighted by Gasteiger charge is 2.28. The quantitative estimate of drug-likeness (QED) is 0.672. The maximum Gasteiger partial charge on any atom is 0.237 e. The molecule has 2 aromatic rings. The van der Waals surface area contributed by atoms with Crippen LogP contribution in [0.1, 0.15) is 37.1 Å². The molecule has 1 aliphatic rings. The summed E-state index contributed by atoms with van der Waals surface area (Å²) in [4.78, 5) is 15.7. The molecule has 1 saturated carbocycles. The third kappa shape index (κ3) is 5.47. The number of hydrogen-bond acceptors (Lipinski definition) is 5. The Morgan fingerprint density at radius 1 is 1.33 bits per heavy atom. The van der Waals surface area contributed by atoms with Crippen LogP contribution in [0, 0.1) is 0 Å². The normalized spacial score (nSPS) is 14.8. The molecular weight excluding hydrogens is 360 g/mol. The molecule has 1 aromatic carbocycles. The summed E-state index contributed by atoms with van der Waals surface area (Å²) in [5.41, 5.74) is 1.10. The average molecular weight is 389 g/mol. The number of likely N-dealkylation sites (N-methyl/N-ethyl adjacent to an activating group) is 1. The first-order valence-electron chi connectivity index (χ1n) is 9.47. The van der Waals surface area contributed by atoms with Crippen LogP contribution in [0.2, 0.25) is 0 Å². The predicted molar refractivity (Wildman–Crippen MR) is 108 cm³/mol. The second-order valence-corrected chi connectivity index (χ2v) is 7.91. The van der Waals surface area contributed by atoms with Crippen molar-refractivity contribution in [2.24, 2.45) is 0 Å². The number of ether oxygens (including phenoxy) is 2. The van der Waals surface area contributed by atoms with E-state index < -0.39 is 0 Å². The summed E-state index contributed by atoms with van der Waals surface area (Å²) in [6.07, 6.45) is 2.21. The van der Waals surface area contributed by atoms with Gasteiger partial charge in [-0.05, 0) is 55.5 Å². The van der Waals surface area contributed by atoms with Gasteiger partial charge in [-0.15, -0.1) is 11.3 Å². The van der Waals surface area contributed by atoms with Gasteiger partial charge in [-0.2, -0.15) is 0 Å². The fraction of sp³-hybridized carbons (Fsp3) is 0.476. The number of hydrogen-bond donors (Lipinski definition) is 1. The highest BCUT2D eigenvalue weighted by Crippen LogP contribution is 2.30. The minimum Gasteiger partial charge on any atom is -0.493 e. The highest BCUT2D eigenvalue weighted by molar-refractivity contribution is 7.09. The molecule has 6 heteroatoms. The molecule has 0 spiro atoms. The molecule has 5 nitrogen and oxygen atoms in total. The molecule has 0 saturated heterocycles. The molecule has 1 heterocycles. The van der Waals surface area contributed by atoms with E-state index >= 15 is 0 Å². The van der Waals surface area contributed by atoms with E-state index in [2.05, 4.69) is 23.2 Å². The van der Waals surface area contributed by atoms with Gasteiger partial charge in [0, 0.05) is 17.5 Å². The smallest absolute Gasteiger partial charge is 0.237 e. The lowest BCUT2D eigenvalue weighted by atomic mass is 10.1. The van der Waals surface area contributed by atoms with Gasteiger partial charge in [0.2, 0.25) is 5.91 Å². The fourth-order valence-electron chi connectivity index (χ4n) is 2.95. The summed E-state index contributed by atoms with van der Waals surface area (Å²) in [6, 6.07) is 10.3. The lowest BCUT2D eigenvalue weighted by Gasteiger charge is -2.27. The fourth-order valence-corrected chi connectivity index (χ4v) is 3.56. The van der Waals surface area contributed by atoms with Crippen molar-refractivity contribution in [3.8, 4) is 11.5 Å². The number of methoxy groups -OCH3 is 1. The van der Waals surface area contributed by atoms with Gasteiger partial charge in [-0.3, -0.25) is 9.69 Å². The van der Waals surface area contributed by atoms with E-state index in [4.69, 9.17) is 9.47 Å². The van der Waals surface area contributed by atoms with Crippen LogP contribution in [0.4, 0.5) is 0 Å². The molecule has 0 unspecified atom stereocenters.